The first-order valence-corrected chi connectivity index (χ1v) is 5.59. The van der Waals surface area contributed by atoms with Crippen LogP contribution in [0.5, 0.6) is 0 Å². The van der Waals surface area contributed by atoms with Crippen molar-refractivity contribution in [1.82, 2.24) is 4.90 Å². The molecule has 0 aromatic heterocycles. The summed E-state index contributed by atoms with van der Waals surface area (Å²) in [4.78, 5) is 14.0. The number of thiocarbonyl (C=S) groups is 1. The van der Waals surface area contributed by atoms with Gasteiger partial charge in [-0.3, -0.25) is 9.69 Å². The van der Waals surface area contributed by atoms with Gasteiger partial charge in [-0.15, -0.1) is 0 Å². The summed E-state index contributed by atoms with van der Waals surface area (Å²) in [5.74, 6) is -0.0683. The van der Waals surface area contributed by atoms with Gasteiger partial charge in [-0.25, -0.2) is 0 Å². The summed E-state index contributed by atoms with van der Waals surface area (Å²) in [5, 5.41) is 0. The molecule has 16 heavy (non-hydrogen) atoms. The lowest BCUT2D eigenvalue weighted by atomic mass is 10.1. The van der Waals surface area contributed by atoms with Gasteiger partial charge in [0.15, 0.2) is 0 Å². The molecule has 0 fully saturated rings. The average molecular weight is 235 g/mol. The van der Waals surface area contributed by atoms with Crippen LogP contribution in [0.2, 0.25) is 0 Å². The Kier molecular flexibility index (Phi) is 3.03. The fourth-order valence-corrected chi connectivity index (χ4v) is 1.89. The van der Waals surface area contributed by atoms with E-state index in [9.17, 15) is 4.79 Å². The van der Waals surface area contributed by atoms with Crippen LogP contribution in [0.15, 0.2) is 24.3 Å². The number of carbonyl (C=O) groups excluding carboxylic acids is 1. The predicted molar refractivity (Wildman–Crippen MR) is 65.4 cm³/mol. The Morgan fingerprint density at radius 2 is 1.94 bits per heavy atom. The number of hydrogen-bond acceptors (Lipinski definition) is 3. The van der Waals surface area contributed by atoms with E-state index in [-0.39, 0.29) is 18.7 Å². The Morgan fingerprint density at radius 3 is 2.50 bits per heavy atom. The number of amides is 1. The highest BCUT2D eigenvalue weighted by Gasteiger charge is 2.31. The van der Waals surface area contributed by atoms with E-state index in [0.717, 1.165) is 5.56 Å². The van der Waals surface area contributed by atoms with Crippen LogP contribution in [0.25, 0.3) is 0 Å². The number of hydrogen-bond donors (Lipinski definition) is 0. The molecule has 0 spiro atoms. The minimum atomic E-state index is -0.0683. The highest BCUT2D eigenvalue weighted by Crippen LogP contribution is 2.23. The van der Waals surface area contributed by atoms with Gasteiger partial charge in [0.1, 0.15) is 11.7 Å². The lowest BCUT2D eigenvalue weighted by Crippen LogP contribution is -2.32. The number of ether oxygens (including phenoxy) is 1. The summed E-state index contributed by atoms with van der Waals surface area (Å²) >= 11 is 5.25. The van der Waals surface area contributed by atoms with Crippen LogP contribution in [-0.4, -0.2) is 28.6 Å². The topological polar surface area (TPSA) is 29.5 Å². The first-order valence-electron chi connectivity index (χ1n) is 5.18. The van der Waals surface area contributed by atoms with Crippen molar-refractivity contribution in [2.45, 2.75) is 20.0 Å². The molecule has 1 aromatic carbocycles. The Hall–Kier alpha value is -1.26. The first kappa shape index (κ1) is 11.2. The van der Waals surface area contributed by atoms with E-state index in [2.05, 4.69) is 0 Å². The van der Waals surface area contributed by atoms with Gasteiger partial charge in [0.2, 0.25) is 0 Å². The zero-order chi connectivity index (χ0) is 11.7. The van der Waals surface area contributed by atoms with Gasteiger partial charge in [-0.2, -0.15) is 0 Å². The lowest BCUT2D eigenvalue weighted by molar-refractivity contribution is 0.0234. The molecule has 0 aliphatic carbocycles. The van der Waals surface area contributed by atoms with Crippen LogP contribution in [0.3, 0.4) is 0 Å². The number of benzene rings is 1. The Labute approximate surface area is 100 Å². The highest BCUT2D eigenvalue weighted by molar-refractivity contribution is 7.80. The monoisotopic (exact) mass is 235 g/mol. The molecule has 0 unspecified atom stereocenters. The summed E-state index contributed by atoms with van der Waals surface area (Å²) in [6.07, 6.45) is 0.0827. The van der Waals surface area contributed by atoms with Gasteiger partial charge in [0.05, 0.1) is 11.7 Å². The summed E-state index contributed by atoms with van der Waals surface area (Å²) in [5.41, 5.74) is 1.50. The van der Waals surface area contributed by atoms with Crippen molar-refractivity contribution in [3.63, 3.8) is 0 Å². The van der Waals surface area contributed by atoms with Gasteiger partial charge in [0.25, 0.3) is 5.91 Å². The molecule has 0 atom stereocenters. The Morgan fingerprint density at radius 1 is 1.31 bits per heavy atom. The van der Waals surface area contributed by atoms with Crippen LogP contribution in [0.1, 0.15) is 29.8 Å². The summed E-state index contributed by atoms with van der Waals surface area (Å²) < 4.78 is 5.42. The van der Waals surface area contributed by atoms with Crippen molar-refractivity contribution in [1.29, 1.82) is 0 Å². The van der Waals surface area contributed by atoms with E-state index in [4.69, 9.17) is 17.0 Å². The molecule has 1 heterocycles. The van der Waals surface area contributed by atoms with Crippen LogP contribution in [0, 0.1) is 0 Å². The van der Waals surface area contributed by atoms with Gasteiger partial charge in [-0.1, -0.05) is 30.4 Å². The normalized spacial score (nSPS) is 14.8. The molecule has 0 saturated heterocycles. The molecule has 4 heteroatoms. The summed E-state index contributed by atoms with van der Waals surface area (Å²) in [6, 6.07) is 7.38. The van der Waals surface area contributed by atoms with E-state index in [1.54, 1.807) is 6.07 Å². The van der Waals surface area contributed by atoms with Crippen LogP contribution < -0.4 is 0 Å². The maximum atomic E-state index is 12.0. The van der Waals surface area contributed by atoms with Gasteiger partial charge < -0.3 is 4.74 Å². The summed E-state index contributed by atoms with van der Waals surface area (Å²) in [7, 11) is 0. The molecule has 2 rings (SSSR count). The molecule has 0 N–H and O–H groups in total. The Bertz CT molecular complexity index is 407. The molecule has 1 aliphatic rings. The van der Waals surface area contributed by atoms with Crippen LogP contribution in [0.4, 0.5) is 0 Å². The standard InChI is InChI=1S/C12H13NO2S/c1-8(2)15-7-13-11(14)9-5-3-4-6-10(9)12(13)16/h3-6,8H,7H2,1-2H3. The second-order valence-corrected chi connectivity index (χ2v) is 4.32. The van der Waals surface area contributed by atoms with Crippen molar-refractivity contribution < 1.29 is 9.53 Å². The van der Waals surface area contributed by atoms with Crippen molar-refractivity contribution in [2.24, 2.45) is 0 Å². The molecule has 0 saturated carbocycles. The molecule has 0 radical (unpaired) electrons. The third kappa shape index (κ3) is 1.86. The number of fused-ring (bicyclic) bond motifs is 1. The van der Waals surface area contributed by atoms with Crippen LogP contribution >= 0.6 is 12.2 Å². The molecule has 84 valence electrons. The molecule has 1 aromatic rings. The van der Waals surface area contributed by atoms with Crippen LogP contribution in [-0.2, 0) is 4.74 Å². The van der Waals surface area contributed by atoms with Crippen molar-refractivity contribution in [2.75, 3.05) is 6.73 Å². The number of rotatable bonds is 3. The van der Waals surface area contributed by atoms with Crippen molar-refractivity contribution in [3.8, 4) is 0 Å². The second-order valence-electron chi connectivity index (χ2n) is 3.93. The molecular formula is C12H13NO2S. The van der Waals surface area contributed by atoms with Crippen molar-refractivity contribution in [3.05, 3.63) is 35.4 Å². The van der Waals surface area contributed by atoms with Gasteiger partial charge in [-0.05, 0) is 19.9 Å². The number of nitrogens with zero attached hydrogens (tertiary/aromatic N) is 1. The lowest BCUT2D eigenvalue weighted by Gasteiger charge is -2.17. The molecule has 1 aliphatic heterocycles. The maximum Gasteiger partial charge on any atom is 0.261 e. The van der Waals surface area contributed by atoms with E-state index in [1.165, 1.54) is 4.90 Å². The SMILES string of the molecule is CC(C)OCN1C(=O)c2ccccc2C1=S. The van der Waals surface area contributed by atoms with Gasteiger partial charge >= 0.3 is 0 Å². The smallest absolute Gasteiger partial charge is 0.261 e. The predicted octanol–water partition coefficient (Wildman–Crippen LogP) is 2.20. The quantitative estimate of drug-likeness (QED) is 0.752. The van der Waals surface area contributed by atoms with E-state index < -0.39 is 0 Å². The van der Waals surface area contributed by atoms with Crippen molar-refractivity contribution >= 4 is 23.1 Å². The largest absolute Gasteiger partial charge is 0.358 e. The average Bonchev–Trinajstić information content (AvgIpc) is 2.50. The van der Waals surface area contributed by atoms with E-state index in [1.807, 2.05) is 32.0 Å². The molecule has 3 nitrogen and oxygen atoms in total. The zero-order valence-electron chi connectivity index (χ0n) is 9.27. The zero-order valence-corrected chi connectivity index (χ0v) is 10.1. The second kappa shape index (κ2) is 4.31. The maximum absolute atomic E-state index is 12.0. The highest BCUT2D eigenvalue weighted by atomic mass is 32.1. The number of carbonyl (C=O) groups is 1. The third-order valence-corrected chi connectivity index (χ3v) is 2.86. The first-order chi connectivity index (χ1) is 7.61. The van der Waals surface area contributed by atoms with E-state index >= 15 is 0 Å². The minimum Gasteiger partial charge on any atom is -0.358 e. The molecule has 1 amide bonds. The Balaban J connectivity index is 2.22. The van der Waals surface area contributed by atoms with E-state index in [0.29, 0.717) is 10.6 Å². The molecular weight excluding hydrogens is 222 g/mol. The fourth-order valence-electron chi connectivity index (χ4n) is 1.58. The van der Waals surface area contributed by atoms with Gasteiger partial charge in [0, 0.05) is 5.56 Å². The summed E-state index contributed by atoms with van der Waals surface area (Å²) in [6.45, 7) is 4.08. The third-order valence-electron chi connectivity index (χ3n) is 2.42. The molecule has 0 bridgehead atoms. The fraction of sp³-hybridized carbons (Fsp3) is 0.333. The minimum absolute atomic E-state index is 0.0683.